The predicted molar refractivity (Wildman–Crippen MR) is 111 cm³/mol. The Kier molecular flexibility index (Phi) is 5.10. The van der Waals surface area contributed by atoms with Crippen LogP contribution in [0.15, 0.2) is 48.8 Å². The minimum absolute atomic E-state index is 0.412. The molecule has 0 fully saturated rings. The Morgan fingerprint density at radius 3 is 2.69 bits per heavy atom. The molecule has 148 valence electrons. The number of nitrogens with zero attached hydrogens (tertiary/aromatic N) is 5. The van der Waals surface area contributed by atoms with Crippen LogP contribution in [0.25, 0.3) is 16.9 Å². The van der Waals surface area contributed by atoms with Gasteiger partial charge in [-0.25, -0.2) is 9.97 Å². The van der Waals surface area contributed by atoms with Crippen LogP contribution in [-0.2, 0) is 6.42 Å². The van der Waals surface area contributed by atoms with Crippen molar-refractivity contribution in [1.82, 2.24) is 25.0 Å². The van der Waals surface area contributed by atoms with Crippen LogP contribution in [0.2, 0.25) is 0 Å². The Morgan fingerprint density at radius 2 is 1.86 bits per heavy atom. The number of para-hydroxylation sites is 1. The fourth-order valence-electron chi connectivity index (χ4n) is 3.08. The number of rotatable bonds is 7. The number of hydrogen-bond donors (Lipinski definition) is 2. The fraction of sp³-hybridized carbons (Fsp3) is 0.200. The first-order chi connectivity index (χ1) is 14.2. The lowest BCUT2D eigenvalue weighted by Gasteiger charge is -2.12. The molecule has 2 heterocycles. The summed E-state index contributed by atoms with van der Waals surface area (Å²) >= 11 is 0. The minimum Gasteiger partial charge on any atom is -0.493 e. The summed E-state index contributed by atoms with van der Waals surface area (Å²) in [6, 6.07) is 13.5. The van der Waals surface area contributed by atoms with Crippen LogP contribution in [-0.4, -0.2) is 45.7 Å². The number of methoxy groups -OCH3 is 2. The SMILES string of the molecule is COc1ccc(CCNc2ncnc(-n3nnc4ccccc43)c2N)cc1OC. The Balaban J connectivity index is 1.51. The molecule has 0 saturated heterocycles. The van der Waals surface area contributed by atoms with Gasteiger partial charge in [-0.05, 0) is 36.2 Å². The first-order valence-corrected chi connectivity index (χ1v) is 9.07. The summed E-state index contributed by atoms with van der Waals surface area (Å²) in [6.07, 6.45) is 2.21. The molecule has 0 aliphatic carbocycles. The van der Waals surface area contributed by atoms with Crippen LogP contribution >= 0.6 is 0 Å². The van der Waals surface area contributed by atoms with Crippen LogP contribution < -0.4 is 20.5 Å². The molecule has 0 radical (unpaired) electrons. The Morgan fingerprint density at radius 1 is 1.03 bits per heavy atom. The van der Waals surface area contributed by atoms with Crippen LogP contribution in [0.4, 0.5) is 11.5 Å². The highest BCUT2D eigenvalue weighted by Crippen LogP contribution is 2.28. The van der Waals surface area contributed by atoms with Gasteiger partial charge in [0.25, 0.3) is 0 Å². The maximum Gasteiger partial charge on any atom is 0.184 e. The van der Waals surface area contributed by atoms with Gasteiger partial charge in [0.15, 0.2) is 23.1 Å². The van der Waals surface area contributed by atoms with E-state index in [4.69, 9.17) is 15.2 Å². The Bertz CT molecular complexity index is 1140. The van der Waals surface area contributed by atoms with E-state index >= 15 is 0 Å². The number of benzene rings is 2. The molecular formula is C20H21N7O2. The van der Waals surface area contributed by atoms with Gasteiger partial charge in [-0.2, -0.15) is 4.68 Å². The summed E-state index contributed by atoms with van der Waals surface area (Å²) in [5.74, 6) is 2.44. The third-order valence-corrected chi connectivity index (χ3v) is 4.57. The van der Waals surface area contributed by atoms with Crippen molar-refractivity contribution >= 4 is 22.5 Å². The monoisotopic (exact) mass is 391 g/mol. The molecule has 3 N–H and O–H groups in total. The van der Waals surface area contributed by atoms with Gasteiger partial charge in [0.05, 0.1) is 19.7 Å². The van der Waals surface area contributed by atoms with Gasteiger partial charge in [-0.1, -0.05) is 23.4 Å². The molecule has 9 nitrogen and oxygen atoms in total. The van der Waals surface area contributed by atoms with E-state index in [1.165, 1.54) is 6.33 Å². The number of hydrogen-bond acceptors (Lipinski definition) is 8. The van der Waals surface area contributed by atoms with Crippen molar-refractivity contribution < 1.29 is 9.47 Å². The van der Waals surface area contributed by atoms with Crippen molar-refractivity contribution in [3.05, 3.63) is 54.4 Å². The molecule has 29 heavy (non-hydrogen) atoms. The first kappa shape index (κ1) is 18.5. The zero-order valence-electron chi connectivity index (χ0n) is 16.2. The van der Waals surface area contributed by atoms with Crippen molar-refractivity contribution in [2.45, 2.75) is 6.42 Å². The predicted octanol–water partition coefficient (Wildman–Crippen LogP) is 2.46. The van der Waals surface area contributed by atoms with E-state index in [1.807, 2.05) is 42.5 Å². The highest BCUT2D eigenvalue weighted by molar-refractivity contribution is 5.78. The van der Waals surface area contributed by atoms with Crippen molar-refractivity contribution in [1.29, 1.82) is 0 Å². The number of ether oxygens (including phenoxy) is 2. The molecule has 0 amide bonds. The van der Waals surface area contributed by atoms with E-state index in [2.05, 4.69) is 25.6 Å². The quantitative estimate of drug-likeness (QED) is 0.494. The standard InChI is InChI=1S/C20H21N7O2/c1-28-16-8-7-13(11-17(16)29-2)9-10-22-19-18(21)20(24-12-23-19)27-15-6-4-3-5-14(15)25-26-27/h3-8,11-12H,9-10,21H2,1-2H3,(H,22,23,24). The van der Waals surface area contributed by atoms with Crippen LogP contribution in [0, 0.1) is 0 Å². The average molecular weight is 391 g/mol. The molecule has 0 spiro atoms. The topological polar surface area (TPSA) is 113 Å². The van der Waals surface area contributed by atoms with Gasteiger partial charge >= 0.3 is 0 Å². The van der Waals surface area contributed by atoms with E-state index < -0.39 is 0 Å². The molecule has 0 aliphatic rings. The first-order valence-electron chi connectivity index (χ1n) is 9.07. The summed E-state index contributed by atoms with van der Waals surface area (Å²) < 4.78 is 12.2. The van der Waals surface area contributed by atoms with E-state index in [0.717, 1.165) is 23.0 Å². The second-order valence-corrected chi connectivity index (χ2v) is 6.32. The van der Waals surface area contributed by atoms with Gasteiger partial charge < -0.3 is 20.5 Å². The number of aromatic nitrogens is 5. The van der Waals surface area contributed by atoms with Crippen molar-refractivity contribution in [2.24, 2.45) is 0 Å². The van der Waals surface area contributed by atoms with Gasteiger partial charge in [-0.15, -0.1) is 5.10 Å². The highest BCUT2D eigenvalue weighted by Gasteiger charge is 2.14. The van der Waals surface area contributed by atoms with Crippen LogP contribution in [0.5, 0.6) is 11.5 Å². The molecule has 0 bridgehead atoms. The maximum atomic E-state index is 6.32. The number of anilines is 2. The Hall–Kier alpha value is -3.88. The lowest BCUT2D eigenvalue weighted by molar-refractivity contribution is 0.354. The zero-order chi connectivity index (χ0) is 20.2. The normalized spacial score (nSPS) is 10.8. The molecular weight excluding hydrogens is 370 g/mol. The lowest BCUT2D eigenvalue weighted by Crippen LogP contribution is -2.12. The van der Waals surface area contributed by atoms with Crippen LogP contribution in [0.1, 0.15) is 5.56 Å². The van der Waals surface area contributed by atoms with Crippen LogP contribution in [0.3, 0.4) is 0 Å². The summed E-state index contributed by atoms with van der Waals surface area (Å²) in [4.78, 5) is 8.56. The second kappa shape index (κ2) is 8.01. The third kappa shape index (κ3) is 3.62. The average Bonchev–Trinajstić information content (AvgIpc) is 3.19. The molecule has 0 aliphatic heterocycles. The molecule has 0 unspecified atom stereocenters. The fourth-order valence-corrected chi connectivity index (χ4v) is 3.08. The number of fused-ring (bicyclic) bond motifs is 1. The summed E-state index contributed by atoms with van der Waals surface area (Å²) in [6.45, 7) is 0.633. The molecule has 2 aromatic heterocycles. The molecule has 9 heteroatoms. The zero-order valence-corrected chi connectivity index (χ0v) is 16.2. The molecule has 2 aromatic carbocycles. The lowest BCUT2D eigenvalue weighted by atomic mass is 10.1. The van der Waals surface area contributed by atoms with Gasteiger partial charge in [0, 0.05) is 6.54 Å². The smallest absolute Gasteiger partial charge is 0.184 e. The van der Waals surface area contributed by atoms with E-state index in [-0.39, 0.29) is 0 Å². The number of nitrogen functional groups attached to an aromatic ring is 1. The Labute approximate surface area is 167 Å². The maximum absolute atomic E-state index is 6.32. The number of nitrogens with two attached hydrogens (primary N) is 1. The van der Waals surface area contributed by atoms with Gasteiger partial charge in [0.2, 0.25) is 0 Å². The highest BCUT2D eigenvalue weighted by atomic mass is 16.5. The minimum atomic E-state index is 0.412. The van der Waals surface area contributed by atoms with E-state index in [9.17, 15) is 0 Å². The van der Waals surface area contributed by atoms with E-state index in [1.54, 1.807) is 18.9 Å². The van der Waals surface area contributed by atoms with Gasteiger partial charge in [0.1, 0.15) is 17.5 Å². The second-order valence-electron chi connectivity index (χ2n) is 6.32. The van der Waals surface area contributed by atoms with Crippen molar-refractivity contribution in [3.8, 4) is 17.3 Å². The largest absolute Gasteiger partial charge is 0.493 e. The number of nitrogens with one attached hydrogen (secondary N) is 1. The summed E-state index contributed by atoms with van der Waals surface area (Å²) in [5, 5.41) is 11.6. The van der Waals surface area contributed by atoms with Gasteiger partial charge in [-0.3, -0.25) is 0 Å². The third-order valence-electron chi connectivity index (χ3n) is 4.57. The summed E-state index contributed by atoms with van der Waals surface area (Å²) in [5.41, 5.74) is 9.43. The molecule has 4 aromatic rings. The van der Waals surface area contributed by atoms with Crippen molar-refractivity contribution in [2.75, 3.05) is 31.8 Å². The molecule has 0 atom stereocenters. The molecule has 0 saturated carbocycles. The van der Waals surface area contributed by atoms with E-state index in [0.29, 0.717) is 35.4 Å². The molecule has 4 rings (SSSR count). The summed E-state index contributed by atoms with van der Waals surface area (Å²) in [7, 11) is 3.24. The van der Waals surface area contributed by atoms with Crippen molar-refractivity contribution in [3.63, 3.8) is 0 Å².